The number of aryl methyl sites for hydroxylation is 2. The quantitative estimate of drug-likeness (QED) is 0.563. The highest BCUT2D eigenvalue weighted by Gasteiger charge is 1.94. The van der Waals surface area contributed by atoms with Gasteiger partial charge in [0.05, 0.1) is 0 Å². The minimum Gasteiger partial charge on any atom is -0.0617 e. The van der Waals surface area contributed by atoms with Crippen LogP contribution in [0.2, 0.25) is 0 Å². The van der Waals surface area contributed by atoms with Gasteiger partial charge in [0, 0.05) is 0 Å². The smallest absolute Gasteiger partial charge is 0.0279 e. The van der Waals surface area contributed by atoms with E-state index in [4.69, 9.17) is 0 Å². The summed E-state index contributed by atoms with van der Waals surface area (Å²) < 4.78 is 0. The average molecular weight is 203 g/mol. The van der Waals surface area contributed by atoms with Gasteiger partial charge in [0.2, 0.25) is 0 Å². The van der Waals surface area contributed by atoms with Crippen LogP contribution >= 0.6 is 0 Å². The topological polar surface area (TPSA) is 0 Å². The summed E-state index contributed by atoms with van der Waals surface area (Å²) >= 11 is 0. The molecule has 0 saturated carbocycles. The second-order valence-corrected chi connectivity index (χ2v) is 4.36. The molecule has 1 aromatic carbocycles. The van der Waals surface area contributed by atoms with Gasteiger partial charge in [0.1, 0.15) is 0 Å². The van der Waals surface area contributed by atoms with Crippen molar-refractivity contribution in [3.05, 3.63) is 42.3 Å². The monoisotopic (exact) mass is 203 g/mol. The van der Waals surface area contributed by atoms with E-state index >= 15 is 0 Å². The van der Waals surface area contributed by atoms with Crippen LogP contribution in [0.1, 0.15) is 49.7 Å². The van der Waals surface area contributed by atoms with Crippen LogP contribution in [0.4, 0.5) is 0 Å². The molecule has 83 valence electrons. The van der Waals surface area contributed by atoms with Gasteiger partial charge in [-0.1, -0.05) is 68.9 Å². The highest BCUT2D eigenvalue weighted by Crippen LogP contribution is 2.10. The number of hydrogen-bond donors (Lipinski definition) is 0. The van der Waals surface area contributed by atoms with Gasteiger partial charge in [-0.15, -0.1) is 0 Å². The highest BCUT2D eigenvalue weighted by molar-refractivity contribution is 5.22. The summed E-state index contributed by atoms with van der Waals surface area (Å²) in [5.41, 5.74) is 2.87. The molecule has 0 fully saturated rings. The first-order valence-electron chi connectivity index (χ1n) is 6.17. The van der Waals surface area contributed by atoms with Crippen LogP contribution in [0.15, 0.2) is 24.3 Å². The van der Waals surface area contributed by atoms with Crippen LogP contribution in [0.25, 0.3) is 0 Å². The first-order chi connectivity index (χ1) is 7.33. The molecular weight excluding hydrogens is 180 g/mol. The standard InChI is InChI=1S/C15H23/c1-3-4-5-6-7-8-11-15-12-9-10-14(2)13-15/h9-10,12-13H,1,3-8,11H2,2H3. The molecule has 0 atom stereocenters. The maximum Gasteiger partial charge on any atom is -0.0279 e. The average Bonchev–Trinajstić information content (AvgIpc) is 2.23. The van der Waals surface area contributed by atoms with Crippen LogP contribution in [-0.4, -0.2) is 0 Å². The fourth-order valence-corrected chi connectivity index (χ4v) is 1.90. The fourth-order valence-electron chi connectivity index (χ4n) is 1.90. The molecule has 0 aliphatic rings. The Kier molecular flexibility index (Phi) is 6.15. The molecule has 0 bridgehead atoms. The Labute approximate surface area is 94.7 Å². The molecule has 0 aliphatic heterocycles. The lowest BCUT2D eigenvalue weighted by Gasteiger charge is -2.02. The molecule has 0 heteroatoms. The van der Waals surface area contributed by atoms with Crippen LogP contribution in [0.3, 0.4) is 0 Å². The predicted molar refractivity (Wildman–Crippen MR) is 67.9 cm³/mol. The number of benzene rings is 1. The lowest BCUT2D eigenvalue weighted by molar-refractivity contribution is 0.617. The summed E-state index contributed by atoms with van der Waals surface area (Å²) in [5, 5.41) is 0. The van der Waals surface area contributed by atoms with E-state index in [2.05, 4.69) is 38.1 Å². The minimum absolute atomic E-state index is 1.10. The molecule has 0 N–H and O–H groups in total. The van der Waals surface area contributed by atoms with Crippen LogP contribution in [0, 0.1) is 13.8 Å². The van der Waals surface area contributed by atoms with E-state index in [0.29, 0.717) is 0 Å². The third-order valence-electron chi connectivity index (χ3n) is 2.80. The summed E-state index contributed by atoms with van der Waals surface area (Å²) in [6, 6.07) is 8.87. The summed E-state index contributed by atoms with van der Waals surface area (Å²) in [5.74, 6) is 0. The molecule has 0 amide bonds. The van der Waals surface area contributed by atoms with Crippen molar-refractivity contribution in [3.8, 4) is 0 Å². The van der Waals surface area contributed by atoms with Crippen molar-refractivity contribution in [3.63, 3.8) is 0 Å². The molecule has 15 heavy (non-hydrogen) atoms. The van der Waals surface area contributed by atoms with E-state index < -0.39 is 0 Å². The van der Waals surface area contributed by atoms with E-state index in [9.17, 15) is 0 Å². The maximum absolute atomic E-state index is 3.86. The Morgan fingerprint density at radius 3 is 2.47 bits per heavy atom. The second kappa shape index (κ2) is 7.50. The zero-order valence-corrected chi connectivity index (χ0v) is 9.97. The third kappa shape index (κ3) is 5.61. The van der Waals surface area contributed by atoms with Crippen molar-refractivity contribution >= 4 is 0 Å². The summed E-state index contributed by atoms with van der Waals surface area (Å²) in [4.78, 5) is 0. The van der Waals surface area contributed by atoms with E-state index in [0.717, 1.165) is 6.42 Å². The fraction of sp³-hybridized carbons (Fsp3) is 0.533. The Morgan fingerprint density at radius 2 is 1.73 bits per heavy atom. The molecular formula is C15H23. The summed E-state index contributed by atoms with van der Waals surface area (Å²) in [6.07, 6.45) is 9.07. The van der Waals surface area contributed by atoms with E-state index in [1.165, 1.54) is 49.7 Å². The lowest BCUT2D eigenvalue weighted by atomic mass is 10.0. The Bertz CT molecular complexity index is 262. The van der Waals surface area contributed by atoms with Gasteiger partial charge in [-0.3, -0.25) is 0 Å². The predicted octanol–water partition coefficient (Wildman–Crippen LogP) is 4.71. The van der Waals surface area contributed by atoms with Crippen LogP contribution in [-0.2, 0) is 6.42 Å². The van der Waals surface area contributed by atoms with Crippen molar-refractivity contribution < 1.29 is 0 Å². The van der Waals surface area contributed by atoms with E-state index in [1.54, 1.807) is 0 Å². The van der Waals surface area contributed by atoms with Gasteiger partial charge in [-0.25, -0.2) is 0 Å². The number of hydrogen-bond acceptors (Lipinski definition) is 0. The van der Waals surface area contributed by atoms with Gasteiger partial charge < -0.3 is 0 Å². The zero-order chi connectivity index (χ0) is 10.9. The molecule has 1 radical (unpaired) electrons. The largest absolute Gasteiger partial charge is 0.0617 e. The Hall–Kier alpha value is -0.780. The van der Waals surface area contributed by atoms with Gasteiger partial charge in [0.25, 0.3) is 0 Å². The SMILES string of the molecule is [CH2]CCCCCCCc1cccc(C)c1. The number of rotatable bonds is 7. The molecule has 0 heterocycles. The van der Waals surface area contributed by atoms with Crippen molar-refractivity contribution in [2.24, 2.45) is 0 Å². The van der Waals surface area contributed by atoms with Gasteiger partial charge in [-0.2, -0.15) is 0 Å². The lowest BCUT2D eigenvalue weighted by Crippen LogP contribution is -1.87. The third-order valence-corrected chi connectivity index (χ3v) is 2.80. The van der Waals surface area contributed by atoms with E-state index in [1.807, 2.05) is 0 Å². The van der Waals surface area contributed by atoms with Gasteiger partial charge in [-0.05, 0) is 25.3 Å². The van der Waals surface area contributed by atoms with Crippen LogP contribution < -0.4 is 0 Å². The Morgan fingerprint density at radius 1 is 1.00 bits per heavy atom. The molecule has 0 nitrogen and oxygen atoms in total. The Balaban J connectivity index is 2.10. The first-order valence-corrected chi connectivity index (χ1v) is 6.17. The minimum atomic E-state index is 1.10. The van der Waals surface area contributed by atoms with Gasteiger partial charge in [0.15, 0.2) is 0 Å². The maximum atomic E-state index is 3.86. The van der Waals surface area contributed by atoms with Crippen molar-refractivity contribution in [1.29, 1.82) is 0 Å². The summed E-state index contributed by atoms with van der Waals surface area (Å²) in [6.45, 7) is 6.03. The normalized spacial score (nSPS) is 10.5. The van der Waals surface area contributed by atoms with Crippen molar-refractivity contribution in [1.82, 2.24) is 0 Å². The number of unbranched alkanes of at least 4 members (excludes halogenated alkanes) is 5. The summed E-state index contributed by atoms with van der Waals surface area (Å²) in [7, 11) is 0. The molecule has 1 rings (SSSR count). The molecule has 1 aromatic rings. The zero-order valence-electron chi connectivity index (χ0n) is 9.97. The molecule has 0 aromatic heterocycles. The van der Waals surface area contributed by atoms with Crippen LogP contribution in [0.5, 0.6) is 0 Å². The van der Waals surface area contributed by atoms with E-state index in [-0.39, 0.29) is 0 Å². The first kappa shape index (κ1) is 12.3. The molecule has 0 saturated heterocycles. The van der Waals surface area contributed by atoms with Gasteiger partial charge >= 0.3 is 0 Å². The second-order valence-electron chi connectivity index (χ2n) is 4.36. The van der Waals surface area contributed by atoms with Crippen molar-refractivity contribution in [2.45, 2.75) is 51.9 Å². The molecule has 0 aliphatic carbocycles. The van der Waals surface area contributed by atoms with Crippen molar-refractivity contribution in [2.75, 3.05) is 0 Å². The molecule has 0 unspecified atom stereocenters. The molecule has 0 spiro atoms. The highest BCUT2D eigenvalue weighted by atomic mass is 14.0.